The molecule has 4 rings (SSSR count). The number of hydrogen-bond acceptors (Lipinski definition) is 4. The number of carbonyl (C=O) groups is 1. The van der Waals surface area contributed by atoms with E-state index in [-0.39, 0.29) is 18.3 Å². The zero-order chi connectivity index (χ0) is 19.3. The van der Waals surface area contributed by atoms with E-state index in [1.807, 2.05) is 72.8 Å². The third kappa shape index (κ3) is 3.78. The highest BCUT2D eigenvalue weighted by atomic mass is 16.5. The first kappa shape index (κ1) is 17.5. The fourth-order valence-electron chi connectivity index (χ4n) is 3.03. The Hall–Kier alpha value is -3.86. The topological polar surface area (TPSA) is 70.9 Å². The molecule has 0 unspecified atom stereocenters. The van der Waals surface area contributed by atoms with Gasteiger partial charge in [0.15, 0.2) is 6.61 Å². The predicted molar refractivity (Wildman–Crippen MR) is 111 cm³/mol. The summed E-state index contributed by atoms with van der Waals surface area (Å²) in [5.41, 5.74) is 2.97. The second-order valence-electron chi connectivity index (χ2n) is 6.31. The number of nitrogens with zero attached hydrogens (tertiary/aromatic N) is 1. The number of amides is 1. The summed E-state index contributed by atoms with van der Waals surface area (Å²) in [5, 5.41) is 18.0. The fourth-order valence-corrected chi connectivity index (χ4v) is 3.03. The molecule has 0 aliphatic heterocycles. The number of hydrazone groups is 1. The van der Waals surface area contributed by atoms with Crippen LogP contribution in [-0.2, 0) is 4.79 Å². The van der Waals surface area contributed by atoms with Gasteiger partial charge in [0.2, 0.25) is 0 Å². The zero-order valence-corrected chi connectivity index (χ0v) is 15.0. The minimum absolute atomic E-state index is 0.101. The number of phenols is 1. The first-order valence-corrected chi connectivity index (χ1v) is 8.85. The van der Waals surface area contributed by atoms with Gasteiger partial charge in [-0.15, -0.1) is 0 Å². The average molecular weight is 370 g/mol. The molecule has 5 heteroatoms. The lowest BCUT2D eigenvalue weighted by Gasteiger charge is -2.07. The molecule has 0 aliphatic rings. The van der Waals surface area contributed by atoms with Crippen molar-refractivity contribution in [1.82, 2.24) is 5.43 Å². The maximum atomic E-state index is 12.0. The second kappa shape index (κ2) is 7.80. The quantitative estimate of drug-likeness (QED) is 0.408. The van der Waals surface area contributed by atoms with E-state index in [0.717, 1.165) is 21.5 Å². The van der Waals surface area contributed by atoms with Crippen LogP contribution in [0.15, 0.2) is 84.0 Å². The van der Waals surface area contributed by atoms with Crippen molar-refractivity contribution in [3.05, 3.63) is 84.4 Å². The molecule has 0 aromatic heterocycles. The van der Waals surface area contributed by atoms with E-state index in [9.17, 15) is 9.90 Å². The number of ether oxygens (including phenoxy) is 1. The summed E-state index contributed by atoms with van der Waals surface area (Å²) < 4.78 is 5.54. The summed E-state index contributed by atoms with van der Waals surface area (Å²) in [6.45, 7) is -0.156. The van der Waals surface area contributed by atoms with Gasteiger partial charge < -0.3 is 9.84 Å². The van der Waals surface area contributed by atoms with Crippen LogP contribution in [0, 0.1) is 0 Å². The molecule has 0 heterocycles. The monoisotopic (exact) mass is 370 g/mol. The van der Waals surface area contributed by atoms with E-state index >= 15 is 0 Å². The van der Waals surface area contributed by atoms with E-state index < -0.39 is 0 Å². The summed E-state index contributed by atoms with van der Waals surface area (Å²) in [6.07, 6.45) is 1.44. The van der Waals surface area contributed by atoms with Crippen molar-refractivity contribution in [2.75, 3.05) is 6.61 Å². The molecule has 0 atom stereocenters. The van der Waals surface area contributed by atoms with Crippen LogP contribution in [0.5, 0.6) is 11.5 Å². The zero-order valence-electron chi connectivity index (χ0n) is 15.0. The van der Waals surface area contributed by atoms with Crippen LogP contribution in [0.4, 0.5) is 0 Å². The Kier molecular flexibility index (Phi) is 4.89. The molecule has 4 aromatic carbocycles. The molecule has 4 aromatic rings. The van der Waals surface area contributed by atoms with Crippen molar-refractivity contribution in [3.8, 4) is 11.5 Å². The number of hydrogen-bond donors (Lipinski definition) is 2. The molecule has 0 saturated heterocycles. The highest BCUT2D eigenvalue weighted by Crippen LogP contribution is 2.25. The Bertz CT molecular complexity index is 1180. The van der Waals surface area contributed by atoms with Gasteiger partial charge in [-0.05, 0) is 39.7 Å². The SMILES string of the molecule is O=C(COc1ccc2ccccc2c1)NN=Cc1c(O)ccc2ccccc12. The number of aromatic hydroxyl groups is 1. The Morgan fingerprint density at radius 1 is 0.929 bits per heavy atom. The molecule has 1 amide bonds. The number of nitrogens with one attached hydrogen (secondary N) is 1. The van der Waals surface area contributed by atoms with E-state index in [0.29, 0.717) is 11.3 Å². The maximum absolute atomic E-state index is 12.0. The Balaban J connectivity index is 1.40. The summed E-state index contributed by atoms with van der Waals surface area (Å²) in [4.78, 5) is 12.0. The first-order chi connectivity index (χ1) is 13.7. The number of carbonyl (C=O) groups excluding carboxylic acids is 1. The van der Waals surface area contributed by atoms with Crippen LogP contribution in [0.3, 0.4) is 0 Å². The van der Waals surface area contributed by atoms with Crippen LogP contribution in [-0.4, -0.2) is 23.8 Å². The van der Waals surface area contributed by atoms with Gasteiger partial charge >= 0.3 is 0 Å². The van der Waals surface area contributed by atoms with E-state index in [2.05, 4.69) is 10.5 Å². The highest BCUT2D eigenvalue weighted by molar-refractivity contribution is 6.02. The molecule has 0 radical (unpaired) electrons. The molecule has 0 spiro atoms. The van der Waals surface area contributed by atoms with Crippen LogP contribution in [0.1, 0.15) is 5.56 Å². The summed E-state index contributed by atoms with van der Waals surface area (Å²) in [6, 6.07) is 24.7. The Labute approximate surface area is 161 Å². The fraction of sp³-hybridized carbons (Fsp3) is 0.0435. The largest absolute Gasteiger partial charge is 0.507 e. The van der Waals surface area contributed by atoms with Gasteiger partial charge in [0.05, 0.1) is 6.21 Å². The summed E-state index contributed by atoms with van der Waals surface area (Å²) in [7, 11) is 0. The minimum Gasteiger partial charge on any atom is -0.507 e. The lowest BCUT2D eigenvalue weighted by molar-refractivity contribution is -0.123. The molecular formula is C23H18N2O3. The van der Waals surface area contributed by atoms with Gasteiger partial charge in [-0.2, -0.15) is 5.10 Å². The first-order valence-electron chi connectivity index (χ1n) is 8.85. The van der Waals surface area contributed by atoms with Crippen molar-refractivity contribution in [2.24, 2.45) is 5.10 Å². The van der Waals surface area contributed by atoms with Crippen LogP contribution < -0.4 is 10.2 Å². The van der Waals surface area contributed by atoms with Gasteiger partial charge in [-0.3, -0.25) is 4.79 Å². The standard InChI is InChI=1S/C23H18N2O3/c26-22-12-10-17-6-3-4-8-20(17)21(22)14-24-25-23(27)15-28-19-11-9-16-5-1-2-7-18(16)13-19/h1-14,26H,15H2,(H,25,27). The highest BCUT2D eigenvalue weighted by Gasteiger charge is 2.06. The van der Waals surface area contributed by atoms with Crippen LogP contribution >= 0.6 is 0 Å². The third-order valence-corrected chi connectivity index (χ3v) is 4.42. The van der Waals surface area contributed by atoms with Gasteiger partial charge in [-0.1, -0.05) is 60.7 Å². The molecule has 138 valence electrons. The molecule has 0 aliphatic carbocycles. The number of phenolic OH excluding ortho intramolecular Hbond substituents is 1. The minimum atomic E-state index is -0.385. The smallest absolute Gasteiger partial charge is 0.277 e. The van der Waals surface area contributed by atoms with Crippen molar-refractivity contribution >= 4 is 33.7 Å². The third-order valence-electron chi connectivity index (χ3n) is 4.42. The van der Waals surface area contributed by atoms with Crippen molar-refractivity contribution in [1.29, 1.82) is 0 Å². The van der Waals surface area contributed by atoms with E-state index in [1.54, 1.807) is 6.07 Å². The van der Waals surface area contributed by atoms with Crippen molar-refractivity contribution in [2.45, 2.75) is 0 Å². The predicted octanol–water partition coefficient (Wildman–Crippen LogP) is 4.23. The second-order valence-corrected chi connectivity index (χ2v) is 6.31. The van der Waals surface area contributed by atoms with Crippen molar-refractivity contribution < 1.29 is 14.6 Å². The van der Waals surface area contributed by atoms with Crippen LogP contribution in [0.2, 0.25) is 0 Å². The molecule has 0 saturated carbocycles. The average Bonchev–Trinajstić information content (AvgIpc) is 2.73. The van der Waals surface area contributed by atoms with E-state index in [1.165, 1.54) is 6.21 Å². The van der Waals surface area contributed by atoms with Crippen molar-refractivity contribution in [3.63, 3.8) is 0 Å². The number of benzene rings is 4. The lowest BCUT2D eigenvalue weighted by atomic mass is 10.0. The number of fused-ring (bicyclic) bond motifs is 2. The van der Waals surface area contributed by atoms with Crippen LogP contribution in [0.25, 0.3) is 21.5 Å². The molecule has 5 nitrogen and oxygen atoms in total. The summed E-state index contributed by atoms with van der Waals surface area (Å²) >= 11 is 0. The lowest BCUT2D eigenvalue weighted by Crippen LogP contribution is -2.24. The van der Waals surface area contributed by atoms with Gasteiger partial charge in [0.25, 0.3) is 5.91 Å². The molecule has 2 N–H and O–H groups in total. The molecule has 0 fully saturated rings. The van der Waals surface area contributed by atoms with Gasteiger partial charge in [-0.25, -0.2) is 5.43 Å². The van der Waals surface area contributed by atoms with E-state index in [4.69, 9.17) is 4.74 Å². The molecular weight excluding hydrogens is 352 g/mol. The normalized spacial score (nSPS) is 11.1. The van der Waals surface area contributed by atoms with Gasteiger partial charge in [0, 0.05) is 5.56 Å². The molecule has 28 heavy (non-hydrogen) atoms. The maximum Gasteiger partial charge on any atom is 0.277 e. The Morgan fingerprint density at radius 3 is 2.50 bits per heavy atom. The summed E-state index contributed by atoms with van der Waals surface area (Å²) in [5.74, 6) is 0.331. The number of rotatable bonds is 5. The Morgan fingerprint density at radius 2 is 1.64 bits per heavy atom. The molecule has 0 bridgehead atoms. The van der Waals surface area contributed by atoms with Gasteiger partial charge in [0.1, 0.15) is 11.5 Å².